The van der Waals surface area contributed by atoms with Gasteiger partial charge in [-0.25, -0.2) is 30.3 Å². The molecule has 0 spiro atoms. The van der Waals surface area contributed by atoms with Crippen LogP contribution in [0.3, 0.4) is 0 Å². The summed E-state index contributed by atoms with van der Waals surface area (Å²) in [5, 5.41) is -0.387. The van der Waals surface area contributed by atoms with Gasteiger partial charge in [0.2, 0.25) is 15.9 Å². The Morgan fingerprint density at radius 1 is 1.06 bits per heavy atom. The van der Waals surface area contributed by atoms with Crippen LogP contribution in [-0.4, -0.2) is 52.5 Å². The lowest BCUT2D eigenvalue weighted by atomic mass is 10.3. The standard InChI is InChI=1S/C19H19ClF2N2O5S2/c20-13-4-6-14(7-5-13)30(26,27)15-9-11-24(12-15)18(25)8-10-23-31(28,29)19-16(21)2-1-3-17(19)22/h1-7,15,23H,8-12H2. The molecule has 2 aromatic carbocycles. The fraction of sp³-hybridized carbons (Fsp3) is 0.316. The largest absolute Gasteiger partial charge is 0.341 e. The molecular weight excluding hydrogens is 474 g/mol. The maximum atomic E-state index is 13.7. The van der Waals surface area contributed by atoms with Crippen molar-refractivity contribution in [2.45, 2.75) is 27.9 Å². The Morgan fingerprint density at radius 2 is 1.68 bits per heavy atom. The molecule has 7 nitrogen and oxygen atoms in total. The van der Waals surface area contributed by atoms with Crippen molar-refractivity contribution in [1.29, 1.82) is 0 Å². The highest BCUT2D eigenvalue weighted by Crippen LogP contribution is 2.25. The summed E-state index contributed by atoms with van der Waals surface area (Å²) in [6, 6.07) is 8.41. The van der Waals surface area contributed by atoms with Gasteiger partial charge < -0.3 is 4.90 Å². The zero-order valence-corrected chi connectivity index (χ0v) is 18.5. The number of nitrogens with zero attached hydrogens (tertiary/aromatic N) is 1. The molecule has 168 valence electrons. The number of carbonyl (C=O) groups excluding carboxylic acids is 1. The molecule has 0 radical (unpaired) electrons. The first-order valence-electron chi connectivity index (χ1n) is 9.23. The minimum atomic E-state index is -4.49. The van der Waals surface area contributed by atoms with Crippen molar-refractivity contribution in [3.63, 3.8) is 0 Å². The van der Waals surface area contributed by atoms with Crippen LogP contribution in [0.25, 0.3) is 0 Å². The highest BCUT2D eigenvalue weighted by molar-refractivity contribution is 7.92. The van der Waals surface area contributed by atoms with Crippen LogP contribution >= 0.6 is 11.6 Å². The lowest BCUT2D eigenvalue weighted by Crippen LogP contribution is -2.35. The van der Waals surface area contributed by atoms with E-state index in [1.165, 1.54) is 29.2 Å². The summed E-state index contributed by atoms with van der Waals surface area (Å²) >= 11 is 5.79. The van der Waals surface area contributed by atoms with Gasteiger partial charge in [-0.2, -0.15) is 0 Å². The predicted octanol–water partition coefficient (Wildman–Crippen LogP) is 2.36. The van der Waals surface area contributed by atoms with Crippen LogP contribution < -0.4 is 4.72 Å². The molecule has 31 heavy (non-hydrogen) atoms. The van der Waals surface area contributed by atoms with Gasteiger partial charge in [-0.15, -0.1) is 0 Å². The second kappa shape index (κ2) is 9.19. The molecule has 1 atom stereocenters. The van der Waals surface area contributed by atoms with Gasteiger partial charge >= 0.3 is 0 Å². The SMILES string of the molecule is O=C(CCNS(=O)(=O)c1c(F)cccc1F)N1CCC(S(=O)(=O)c2ccc(Cl)cc2)C1. The number of likely N-dealkylation sites (tertiary alicyclic amines) is 1. The molecule has 1 aliphatic heterocycles. The molecule has 1 heterocycles. The van der Waals surface area contributed by atoms with Gasteiger partial charge in [-0.1, -0.05) is 17.7 Å². The number of sulfonamides is 1. The van der Waals surface area contributed by atoms with Crippen molar-refractivity contribution in [3.8, 4) is 0 Å². The summed E-state index contributed by atoms with van der Waals surface area (Å²) in [6.07, 6.45) is -0.0497. The van der Waals surface area contributed by atoms with Crippen LogP contribution in [0.2, 0.25) is 5.02 Å². The molecule has 0 aromatic heterocycles. The van der Waals surface area contributed by atoms with Crippen LogP contribution in [0.5, 0.6) is 0 Å². The first-order valence-corrected chi connectivity index (χ1v) is 12.6. The zero-order chi connectivity index (χ0) is 22.8. The molecule has 1 N–H and O–H groups in total. The fourth-order valence-corrected chi connectivity index (χ4v) is 6.27. The van der Waals surface area contributed by atoms with Crippen LogP contribution in [0.1, 0.15) is 12.8 Å². The zero-order valence-electron chi connectivity index (χ0n) is 16.1. The van der Waals surface area contributed by atoms with E-state index in [4.69, 9.17) is 11.6 Å². The second-order valence-electron chi connectivity index (χ2n) is 6.95. The fourth-order valence-electron chi connectivity index (χ4n) is 3.29. The molecule has 3 rings (SSSR count). The molecule has 12 heteroatoms. The molecular formula is C19H19ClF2N2O5S2. The first-order chi connectivity index (χ1) is 14.5. The number of sulfone groups is 1. The molecule has 1 amide bonds. The highest BCUT2D eigenvalue weighted by atomic mass is 35.5. The van der Waals surface area contributed by atoms with Gasteiger partial charge in [0, 0.05) is 31.1 Å². The average molecular weight is 493 g/mol. The van der Waals surface area contributed by atoms with E-state index >= 15 is 0 Å². The summed E-state index contributed by atoms with van der Waals surface area (Å²) in [5.74, 6) is -2.95. The summed E-state index contributed by atoms with van der Waals surface area (Å²) < 4.78 is 79.1. The molecule has 1 aliphatic rings. The van der Waals surface area contributed by atoms with Gasteiger partial charge in [-0.3, -0.25) is 4.79 Å². The van der Waals surface area contributed by atoms with E-state index < -0.39 is 47.5 Å². The Labute approximate surface area is 184 Å². The van der Waals surface area contributed by atoms with Crippen LogP contribution in [0, 0.1) is 11.6 Å². The number of nitrogens with one attached hydrogen (secondary N) is 1. The third-order valence-corrected chi connectivity index (χ3v) is 8.85. The molecule has 2 aromatic rings. The van der Waals surface area contributed by atoms with Crippen LogP contribution in [0.4, 0.5) is 8.78 Å². The summed E-state index contributed by atoms with van der Waals surface area (Å²) in [7, 11) is -8.15. The Kier molecular flexibility index (Phi) is 6.99. The van der Waals surface area contributed by atoms with Gasteiger partial charge in [0.05, 0.1) is 10.1 Å². The Hall–Kier alpha value is -2.08. The first kappa shape index (κ1) is 23.6. The maximum absolute atomic E-state index is 13.7. The summed E-state index contributed by atoms with van der Waals surface area (Å²) in [4.78, 5) is 12.7. The minimum Gasteiger partial charge on any atom is -0.341 e. The van der Waals surface area contributed by atoms with E-state index in [0.717, 1.165) is 18.2 Å². The number of carbonyl (C=O) groups is 1. The molecule has 1 unspecified atom stereocenters. The second-order valence-corrected chi connectivity index (χ2v) is 11.3. The number of rotatable bonds is 7. The minimum absolute atomic E-state index is 0.0293. The van der Waals surface area contributed by atoms with Crippen molar-refractivity contribution < 1.29 is 30.4 Å². The van der Waals surface area contributed by atoms with Crippen LogP contribution in [-0.2, 0) is 24.7 Å². The van der Waals surface area contributed by atoms with Crippen molar-refractivity contribution in [1.82, 2.24) is 9.62 Å². The average Bonchev–Trinajstić information content (AvgIpc) is 3.19. The predicted molar refractivity (Wildman–Crippen MR) is 110 cm³/mol. The normalized spacial score (nSPS) is 17.1. The number of benzene rings is 2. The third kappa shape index (κ3) is 5.22. The van der Waals surface area contributed by atoms with Crippen molar-refractivity contribution in [2.75, 3.05) is 19.6 Å². The Bertz CT molecular complexity index is 1170. The summed E-state index contributed by atoms with van der Waals surface area (Å²) in [5.41, 5.74) is 0. The van der Waals surface area contributed by atoms with Crippen molar-refractivity contribution in [3.05, 3.63) is 59.1 Å². The van der Waals surface area contributed by atoms with E-state index in [9.17, 15) is 30.4 Å². The maximum Gasteiger partial charge on any atom is 0.246 e. The van der Waals surface area contributed by atoms with E-state index in [0.29, 0.717) is 5.02 Å². The van der Waals surface area contributed by atoms with Gasteiger partial charge in [0.15, 0.2) is 14.7 Å². The van der Waals surface area contributed by atoms with Gasteiger partial charge in [-0.05, 0) is 42.8 Å². The number of halogens is 3. The smallest absolute Gasteiger partial charge is 0.246 e. The lowest BCUT2D eigenvalue weighted by Gasteiger charge is -2.17. The molecule has 0 saturated carbocycles. The third-order valence-electron chi connectivity index (χ3n) is 4.90. The molecule has 1 saturated heterocycles. The van der Waals surface area contributed by atoms with Gasteiger partial charge in [0.25, 0.3) is 0 Å². The van der Waals surface area contributed by atoms with Crippen molar-refractivity contribution >= 4 is 37.4 Å². The lowest BCUT2D eigenvalue weighted by molar-refractivity contribution is -0.129. The summed E-state index contributed by atoms with van der Waals surface area (Å²) in [6.45, 7) is -0.219. The number of hydrogen-bond donors (Lipinski definition) is 1. The van der Waals surface area contributed by atoms with Crippen LogP contribution in [0.15, 0.2) is 52.3 Å². The quantitative estimate of drug-likeness (QED) is 0.639. The molecule has 1 fully saturated rings. The monoisotopic (exact) mass is 492 g/mol. The number of hydrogen-bond acceptors (Lipinski definition) is 5. The highest BCUT2D eigenvalue weighted by Gasteiger charge is 2.36. The molecule has 0 aliphatic carbocycles. The number of amides is 1. The van der Waals surface area contributed by atoms with Crippen molar-refractivity contribution in [2.24, 2.45) is 0 Å². The van der Waals surface area contributed by atoms with E-state index in [2.05, 4.69) is 0 Å². The topological polar surface area (TPSA) is 101 Å². The molecule has 0 bridgehead atoms. The Balaban J connectivity index is 1.58. The van der Waals surface area contributed by atoms with E-state index in [1.54, 1.807) is 0 Å². The van der Waals surface area contributed by atoms with E-state index in [-0.39, 0.29) is 37.4 Å². The van der Waals surface area contributed by atoms with Gasteiger partial charge in [0.1, 0.15) is 11.6 Å². The Morgan fingerprint density at radius 3 is 2.29 bits per heavy atom. The van der Waals surface area contributed by atoms with E-state index in [1.807, 2.05) is 4.72 Å².